The molecule has 2 heterocycles. The maximum Gasteiger partial charge on any atom is 0.100 e. The highest BCUT2D eigenvalue weighted by molar-refractivity contribution is 6.10. The Labute approximate surface area is 277 Å². The first-order valence-corrected chi connectivity index (χ1v) is 15.9. The molecule has 0 aliphatic heterocycles. The van der Waals surface area contributed by atoms with E-state index in [4.69, 9.17) is 0 Å². The summed E-state index contributed by atoms with van der Waals surface area (Å²) in [6.07, 6.45) is 0. The van der Waals surface area contributed by atoms with Crippen LogP contribution in [0.3, 0.4) is 0 Å². The largest absolute Gasteiger partial charge is 0.309 e. The maximum absolute atomic E-state index is 10.7. The molecule has 0 amide bonds. The summed E-state index contributed by atoms with van der Waals surface area (Å²) in [6, 6.07) is 58.8. The van der Waals surface area contributed by atoms with E-state index in [9.17, 15) is 10.5 Å². The second-order valence-electron chi connectivity index (χ2n) is 12.0. The SMILES string of the molecule is N#Cc1ccc(-c2cccc(-c3ccc(-n4c5ccccc5c5ccccc54)cc3)c2C#N)c(-n2c3ccccc3c3ccccc32)c1. The van der Waals surface area contributed by atoms with E-state index < -0.39 is 0 Å². The van der Waals surface area contributed by atoms with Crippen LogP contribution in [0.1, 0.15) is 11.1 Å². The second kappa shape index (κ2) is 10.9. The van der Waals surface area contributed by atoms with Gasteiger partial charge in [0.15, 0.2) is 0 Å². The molecule has 48 heavy (non-hydrogen) atoms. The molecule has 0 spiro atoms. The molecule has 0 radical (unpaired) electrons. The molecule has 9 aromatic rings. The van der Waals surface area contributed by atoms with E-state index in [0.717, 1.165) is 66.5 Å². The molecule has 7 aromatic carbocycles. The van der Waals surface area contributed by atoms with Gasteiger partial charge in [0, 0.05) is 43.9 Å². The van der Waals surface area contributed by atoms with Crippen molar-refractivity contribution in [2.75, 3.05) is 0 Å². The summed E-state index contributed by atoms with van der Waals surface area (Å²) in [5.41, 5.74) is 11.0. The lowest BCUT2D eigenvalue weighted by molar-refractivity contribution is 1.18. The van der Waals surface area contributed by atoms with Gasteiger partial charge in [-0.25, -0.2) is 0 Å². The van der Waals surface area contributed by atoms with Gasteiger partial charge in [-0.3, -0.25) is 0 Å². The number of benzene rings is 7. The normalized spacial score (nSPS) is 11.3. The van der Waals surface area contributed by atoms with Gasteiger partial charge in [0.2, 0.25) is 0 Å². The Morgan fingerprint density at radius 3 is 1.42 bits per heavy atom. The van der Waals surface area contributed by atoms with E-state index >= 15 is 0 Å². The smallest absolute Gasteiger partial charge is 0.100 e. The summed E-state index contributed by atoms with van der Waals surface area (Å²) in [6.45, 7) is 0. The van der Waals surface area contributed by atoms with Crippen molar-refractivity contribution in [3.8, 4) is 45.8 Å². The van der Waals surface area contributed by atoms with Crippen molar-refractivity contribution in [2.24, 2.45) is 0 Å². The lowest BCUT2D eigenvalue weighted by atomic mass is 9.91. The summed E-state index contributed by atoms with van der Waals surface area (Å²) in [5.74, 6) is 0. The minimum Gasteiger partial charge on any atom is -0.309 e. The minimum atomic E-state index is 0.561. The minimum absolute atomic E-state index is 0.561. The molecule has 0 aliphatic carbocycles. The summed E-state index contributed by atoms with van der Waals surface area (Å²) < 4.78 is 4.51. The van der Waals surface area contributed by atoms with Gasteiger partial charge >= 0.3 is 0 Å². The van der Waals surface area contributed by atoms with Crippen LogP contribution in [0.15, 0.2) is 158 Å². The van der Waals surface area contributed by atoms with Crippen LogP contribution in [0.4, 0.5) is 0 Å². The molecule has 222 valence electrons. The zero-order chi connectivity index (χ0) is 32.2. The molecule has 0 saturated heterocycles. The highest BCUT2D eigenvalue weighted by Crippen LogP contribution is 2.40. The average molecular weight is 611 g/mol. The molecule has 2 aromatic heterocycles. The summed E-state index contributed by atoms with van der Waals surface area (Å²) >= 11 is 0. The van der Waals surface area contributed by atoms with Crippen molar-refractivity contribution in [3.05, 3.63) is 169 Å². The van der Waals surface area contributed by atoms with Crippen LogP contribution < -0.4 is 0 Å². The van der Waals surface area contributed by atoms with Crippen LogP contribution in [-0.2, 0) is 0 Å². The van der Waals surface area contributed by atoms with Crippen LogP contribution in [0, 0.1) is 22.7 Å². The number of nitrogens with zero attached hydrogens (tertiary/aromatic N) is 4. The summed E-state index contributed by atoms with van der Waals surface area (Å²) in [4.78, 5) is 0. The summed E-state index contributed by atoms with van der Waals surface area (Å²) in [7, 11) is 0. The van der Waals surface area contributed by atoms with E-state index in [1.807, 2.05) is 48.5 Å². The summed E-state index contributed by atoms with van der Waals surface area (Å²) in [5, 5.41) is 25.4. The Hall–Kier alpha value is -6.88. The number of aromatic nitrogens is 2. The van der Waals surface area contributed by atoms with E-state index in [1.165, 1.54) is 10.8 Å². The molecule has 0 saturated carbocycles. The van der Waals surface area contributed by atoms with E-state index in [-0.39, 0.29) is 0 Å². The lowest BCUT2D eigenvalue weighted by Gasteiger charge is -2.17. The fraction of sp³-hybridized carbons (Fsp3) is 0. The van der Waals surface area contributed by atoms with Crippen molar-refractivity contribution in [1.82, 2.24) is 9.13 Å². The number of nitriles is 2. The number of para-hydroxylation sites is 4. The van der Waals surface area contributed by atoms with Crippen LogP contribution >= 0.6 is 0 Å². The zero-order valence-corrected chi connectivity index (χ0v) is 25.8. The topological polar surface area (TPSA) is 57.4 Å². The van der Waals surface area contributed by atoms with E-state index in [2.05, 4.69) is 130 Å². The number of hydrogen-bond acceptors (Lipinski definition) is 2. The van der Waals surface area contributed by atoms with Crippen LogP contribution in [-0.4, -0.2) is 9.13 Å². The average Bonchev–Trinajstić information content (AvgIpc) is 3.67. The number of hydrogen-bond donors (Lipinski definition) is 0. The quantitative estimate of drug-likeness (QED) is 0.199. The van der Waals surface area contributed by atoms with Gasteiger partial charge in [-0.2, -0.15) is 10.5 Å². The van der Waals surface area contributed by atoms with Gasteiger partial charge in [0.1, 0.15) is 6.07 Å². The third-order valence-electron chi connectivity index (χ3n) is 9.43. The zero-order valence-electron chi connectivity index (χ0n) is 25.8. The molecule has 0 unspecified atom stereocenters. The second-order valence-corrected chi connectivity index (χ2v) is 12.0. The molecule has 0 aliphatic rings. The van der Waals surface area contributed by atoms with Gasteiger partial charge in [0.05, 0.1) is 45.0 Å². The lowest BCUT2D eigenvalue weighted by Crippen LogP contribution is -2.00. The Kier molecular flexibility index (Phi) is 6.22. The first kappa shape index (κ1) is 27.4. The molecular formula is C44H26N4. The third kappa shape index (κ3) is 4.07. The Balaban J connectivity index is 1.22. The fourth-order valence-corrected chi connectivity index (χ4v) is 7.32. The van der Waals surface area contributed by atoms with Gasteiger partial charge in [-0.15, -0.1) is 0 Å². The Bertz CT molecular complexity index is 2690. The monoisotopic (exact) mass is 610 g/mol. The van der Waals surface area contributed by atoms with Crippen LogP contribution in [0.25, 0.3) is 77.2 Å². The Morgan fingerprint density at radius 1 is 0.396 bits per heavy atom. The van der Waals surface area contributed by atoms with Gasteiger partial charge < -0.3 is 9.13 Å². The van der Waals surface area contributed by atoms with Gasteiger partial charge in [-0.1, -0.05) is 109 Å². The molecule has 0 bridgehead atoms. The predicted octanol–water partition coefficient (Wildman–Crippen LogP) is 11.0. The van der Waals surface area contributed by atoms with E-state index in [1.54, 1.807) is 0 Å². The van der Waals surface area contributed by atoms with Gasteiger partial charge in [-0.05, 0) is 54.1 Å². The highest BCUT2D eigenvalue weighted by atomic mass is 15.0. The molecule has 0 atom stereocenters. The maximum atomic E-state index is 10.7. The molecule has 4 nitrogen and oxygen atoms in total. The van der Waals surface area contributed by atoms with Crippen molar-refractivity contribution < 1.29 is 0 Å². The van der Waals surface area contributed by atoms with E-state index in [0.29, 0.717) is 11.1 Å². The van der Waals surface area contributed by atoms with Crippen molar-refractivity contribution >= 4 is 43.6 Å². The van der Waals surface area contributed by atoms with Gasteiger partial charge in [0.25, 0.3) is 0 Å². The predicted molar refractivity (Wildman–Crippen MR) is 195 cm³/mol. The van der Waals surface area contributed by atoms with Crippen LogP contribution in [0.2, 0.25) is 0 Å². The first-order valence-electron chi connectivity index (χ1n) is 15.9. The molecule has 9 rings (SSSR count). The first-order chi connectivity index (χ1) is 23.7. The molecular weight excluding hydrogens is 585 g/mol. The number of rotatable bonds is 4. The standard InChI is InChI=1S/C44H26N4/c45-27-29-20-25-38(44(26-29)48-42-18-7-3-12-36(42)37-13-4-8-19-43(37)48)33-15-9-14-32(39(33)28-46)30-21-23-31(24-22-30)47-40-16-5-1-10-34(40)35-11-2-6-17-41(35)47/h1-26H. The molecule has 0 fully saturated rings. The van der Waals surface area contributed by atoms with Crippen molar-refractivity contribution in [2.45, 2.75) is 0 Å². The number of fused-ring (bicyclic) bond motifs is 6. The third-order valence-corrected chi connectivity index (χ3v) is 9.43. The van der Waals surface area contributed by atoms with Crippen LogP contribution in [0.5, 0.6) is 0 Å². The Morgan fingerprint density at radius 2 is 0.896 bits per heavy atom. The fourth-order valence-electron chi connectivity index (χ4n) is 7.32. The molecule has 0 N–H and O–H groups in total. The molecule has 4 heteroatoms. The van der Waals surface area contributed by atoms with Crippen molar-refractivity contribution in [3.63, 3.8) is 0 Å². The highest BCUT2D eigenvalue weighted by Gasteiger charge is 2.20. The van der Waals surface area contributed by atoms with Crippen molar-refractivity contribution in [1.29, 1.82) is 10.5 Å².